The van der Waals surface area contributed by atoms with Gasteiger partial charge in [0.05, 0.1) is 12.1 Å². The van der Waals surface area contributed by atoms with Crippen molar-refractivity contribution in [1.29, 1.82) is 10.5 Å². The molecule has 0 aliphatic carbocycles. The van der Waals surface area contributed by atoms with Crippen molar-refractivity contribution >= 4 is 11.5 Å². The Morgan fingerprint density at radius 2 is 2.05 bits per heavy atom. The van der Waals surface area contributed by atoms with Crippen molar-refractivity contribution in [2.45, 2.75) is 19.3 Å². The fourth-order valence-electron chi connectivity index (χ4n) is 1.87. The molecule has 0 saturated carbocycles. The van der Waals surface area contributed by atoms with Crippen LogP contribution >= 0.6 is 0 Å². The molecule has 1 rings (SSSR count). The van der Waals surface area contributed by atoms with E-state index < -0.39 is 11.8 Å². The summed E-state index contributed by atoms with van der Waals surface area (Å²) < 4.78 is 0. The van der Waals surface area contributed by atoms with Crippen LogP contribution < -0.4 is 0 Å². The molecule has 6 nitrogen and oxygen atoms in total. The molecule has 0 bridgehead atoms. The molecular weight excluding hydrogens is 242 g/mol. The summed E-state index contributed by atoms with van der Waals surface area (Å²) in [4.78, 5) is 14.0. The summed E-state index contributed by atoms with van der Waals surface area (Å²) in [6, 6.07) is 10.4. The average molecular weight is 253 g/mol. The highest BCUT2D eigenvalue weighted by Gasteiger charge is 2.26. The quantitative estimate of drug-likeness (QED) is 0.455. The minimum atomic E-state index is -0.959. The van der Waals surface area contributed by atoms with Crippen LogP contribution in [0.5, 0.6) is 0 Å². The standard InChI is InChI=1S/C13H11N5O/c1-9(19)6-12(10(7-14)8-15)11-4-2-3-5-13(11)17-18-16/h2-5,10,12H,6H2,1H3. The van der Waals surface area contributed by atoms with Crippen LogP contribution in [0.15, 0.2) is 29.4 Å². The van der Waals surface area contributed by atoms with Gasteiger partial charge in [0, 0.05) is 22.9 Å². The second kappa shape index (κ2) is 6.80. The third-order valence-electron chi connectivity index (χ3n) is 2.68. The number of hydrogen-bond acceptors (Lipinski definition) is 4. The molecular formula is C13H11N5O. The van der Waals surface area contributed by atoms with E-state index in [1.807, 2.05) is 12.1 Å². The molecule has 0 N–H and O–H groups in total. The van der Waals surface area contributed by atoms with Gasteiger partial charge in [-0.2, -0.15) is 10.5 Å². The summed E-state index contributed by atoms with van der Waals surface area (Å²) in [5, 5.41) is 21.5. The number of ketones is 1. The lowest BCUT2D eigenvalue weighted by Gasteiger charge is -2.18. The second-order valence-electron chi connectivity index (χ2n) is 4.00. The molecule has 0 fully saturated rings. The van der Waals surface area contributed by atoms with Gasteiger partial charge in [0.1, 0.15) is 11.7 Å². The molecule has 6 heteroatoms. The third kappa shape index (κ3) is 3.57. The van der Waals surface area contributed by atoms with E-state index in [2.05, 4.69) is 10.0 Å². The average Bonchev–Trinajstić information content (AvgIpc) is 2.39. The maximum atomic E-state index is 11.3. The van der Waals surface area contributed by atoms with E-state index in [-0.39, 0.29) is 12.2 Å². The Hall–Kier alpha value is -2.82. The van der Waals surface area contributed by atoms with Gasteiger partial charge in [0.25, 0.3) is 0 Å². The summed E-state index contributed by atoms with van der Waals surface area (Å²) >= 11 is 0. The monoisotopic (exact) mass is 253 g/mol. The highest BCUT2D eigenvalue weighted by atomic mass is 16.1. The van der Waals surface area contributed by atoms with Gasteiger partial charge in [-0.25, -0.2) is 0 Å². The van der Waals surface area contributed by atoms with Gasteiger partial charge in [-0.05, 0) is 18.0 Å². The molecule has 1 aromatic rings. The van der Waals surface area contributed by atoms with Gasteiger partial charge in [-0.1, -0.05) is 29.4 Å². The van der Waals surface area contributed by atoms with Gasteiger partial charge in [0.15, 0.2) is 0 Å². The molecule has 0 amide bonds. The number of nitrogens with zero attached hydrogens (tertiary/aromatic N) is 5. The summed E-state index contributed by atoms with van der Waals surface area (Å²) in [5.74, 6) is -1.68. The number of rotatable bonds is 5. The van der Waals surface area contributed by atoms with Crippen molar-refractivity contribution in [2.24, 2.45) is 11.0 Å². The Labute approximate surface area is 110 Å². The maximum absolute atomic E-state index is 11.3. The van der Waals surface area contributed by atoms with E-state index in [0.29, 0.717) is 11.3 Å². The molecule has 0 heterocycles. The lowest BCUT2D eigenvalue weighted by Crippen LogP contribution is -2.13. The van der Waals surface area contributed by atoms with Crippen molar-refractivity contribution in [3.63, 3.8) is 0 Å². The fourth-order valence-corrected chi connectivity index (χ4v) is 1.87. The van der Waals surface area contributed by atoms with Gasteiger partial charge in [0.2, 0.25) is 0 Å². The van der Waals surface area contributed by atoms with Crippen LogP contribution in [0.2, 0.25) is 0 Å². The van der Waals surface area contributed by atoms with E-state index in [9.17, 15) is 4.79 Å². The largest absolute Gasteiger partial charge is 0.300 e. The Bertz CT molecular complexity index is 590. The minimum Gasteiger partial charge on any atom is -0.300 e. The first-order chi connectivity index (χ1) is 9.13. The first-order valence-corrected chi connectivity index (χ1v) is 5.56. The zero-order valence-corrected chi connectivity index (χ0v) is 10.3. The molecule has 1 unspecified atom stereocenters. The lowest BCUT2D eigenvalue weighted by atomic mass is 9.83. The molecule has 19 heavy (non-hydrogen) atoms. The van der Waals surface area contributed by atoms with E-state index >= 15 is 0 Å². The molecule has 0 aliphatic heterocycles. The van der Waals surface area contributed by atoms with Crippen LogP contribution in [0.3, 0.4) is 0 Å². The van der Waals surface area contributed by atoms with Crippen molar-refractivity contribution in [1.82, 2.24) is 0 Å². The van der Waals surface area contributed by atoms with Crippen molar-refractivity contribution in [3.8, 4) is 12.1 Å². The molecule has 0 spiro atoms. The van der Waals surface area contributed by atoms with Crippen molar-refractivity contribution < 1.29 is 4.79 Å². The van der Waals surface area contributed by atoms with Gasteiger partial charge < -0.3 is 4.79 Å². The number of Topliss-reactive ketones (excluding diaryl/α,β-unsaturated/α-hetero) is 1. The zero-order chi connectivity index (χ0) is 14.3. The van der Waals surface area contributed by atoms with Gasteiger partial charge >= 0.3 is 0 Å². The molecule has 0 aliphatic rings. The Morgan fingerprint density at radius 3 is 2.58 bits per heavy atom. The number of hydrogen-bond donors (Lipinski definition) is 0. The number of carbonyl (C=O) groups excluding carboxylic acids is 1. The molecule has 0 aromatic heterocycles. The lowest BCUT2D eigenvalue weighted by molar-refractivity contribution is -0.117. The van der Waals surface area contributed by atoms with Crippen LogP contribution in [0.4, 0.5) is 5.69 Å². The van der Waals surface area contributed by atoms with Crippen molar-refractivity contribution in [2.75, 3.05) is 0 Å². The Kier molecular flexibility index (Phi) is 5.10. The highest BCUT2D eigenvalue weighted by molar-refractivity contribution is 5.77. The molecule has 0 radical (unpaired) electrons. The topological polar surface area (TPSA) is 113 Å². The SMILES string of the molecule is CC(=O)CC(c1ccccc1N=[N+]=[N-])C(C#N)C#N. The first kappa shape index (κ1) is 14.2. The number of benzene rings is 1. The number of nitriles is 2. The van der Waals surface area contributed by atoms with E-state index in [1.54, 1.807) is 24.3 Å². The molecule has 94 valence electrons. The maximum Gasteiger partial charge on any atom is 0.140 e. The molecule has 1 atom stereocenters. The van der Waals surface area contributed by atoms with Crippen LogP contribution in [-0.2, 0) is 4.79 Å². The fraction of sp³-hybridized carbons (Fsp3) is 0.308. The predicted molar refractivity (Wildman–Crippen MR) is 68.0 cm³/mol. The van der Waals surface area contributed by atoms with Crippen LogP contribution in [-0.4, -0.2) is 5.78 Å². The molecule has 0 saturated heterocycles. The second-order valence-corrected chi connectivity index (χ2v) is 4.00. The summed E-state index contributed by atoms with van der Waals surface area (Å²) in [6.45, 7) is 1.40. The summed E-state index contributed by atoms with van der Waals surface area (Å²) in [5.41, 5.74) is 9.41. The van der Waals surface area contributed by atoms with E-state index in [4.69, 9.17) is 16.1 Å². The van der Waals surface area contributed by atoms with Gasteiger partial charge in [-0.15, -0.1) is 0 Å². The van der Waals surface area contributed by atoms with E-state index in [0.717, 1.165) is 0 Å². The summed E-state index contributed by atoms with van der Waals surface area (Å²) in [6.07, 6.45) is 0.0593. The smallest absolute Gasteiger partial charge is 0.140 e. The summed E-state index contributed by atoms with van der Waals surface area (Å²) in [7, 11) is 0. The predicted octanol–water partition coefficient (Wildman–Crippen LogP) is 3.35. The van der Waals surface area contributed by atoms with Crippen LogP contribution in [0.1, 0.15) is 24.8 Å². The van der Waals surface area contributed by atoms with Crippen LogP contribution in [0, 0.1) is 28.6 Å². The van der Waals surface area contributed by atoms with Crippen molar-refractivity contribution in [3.05, 3.63) is 40.3 Å². The molecule has 1 aromatic carbocycles. The number of carbonyl (C=O) groups is 1. The minimum absolute atomic E-state index is 0.0593. The highest BCUT2D eigenvalue weighted by Crippen LogP contribution is 2.34. The van der Waals surface area contributed by atoms with E-state index in [1.165, 1.54) is 6.92 Å². The van der Waals surface area contributed by atoms with Gasteiger partial charge in [-0.3, -0.25) is 0 Å². The first-order valence-electron chi connectivity index (χ1n) is 5.56. The normalized spacial score (nSPS) is 10.9. The number of azide groups is 1. The van der Waals surface area contributed by atoms with Crippen LogP contribution in [0.25, 0.3) is 10.4 Å². The zero-order valence-electron chi connectivity index (χ0n) is 10.3. The Balaban J connectivity index is 3.33. The third-order valence-corrected chi connectivity index (χ3v) is 2.68. The Morgan fingerprint density at radius 1 is 1.42 bits per heavy atom.